The molecule has 0 saturated heterocycles. The summed E-state index contributed by atoms with van der Waals surface area (Å²) in [4.78, 5) is 12.0. The Labute approximate surface area is 165 Å². The first kappa shape index (κ1) is 19.3. The van der Waals surface area contributed by atoms with E-state index >= 15 is 0 Å². The molecule has 0 saturated carbocycles. The molecule has 0 bridgehead atoms. The normalized spacial score (nSPS) is 11.3. The van der Waals surface area contributed by atoms with Gasteiger partial charge >= 0.3 is 6.01 Å². The first-order valence-electron chi connectivity index (χ1n) is 7.65. The number of halogens is 2. The number of amides is 1. The van der Waals surface area contributed by atoms with Gasteiger partial charge in [-0.05, 0) is 23.8 Å². The highest BCUT2D eigenvalue weighted by Crippen LogP contribution is 2.30. The molecule has 0 unspecified atom stereocenters. The minimum atomic E-state index is -3.65. The number of hydrogen-bond donors (Lipinski definition) is 1. The molecule has 7 nitrogen and oxygen atoms in total. The van der Waals surface area contributed by atoms with Crippen LogP contribution in [0.15, 0.2) is 52.9 Å². The molecule has 1 amide bonds. The second-order valence-electron chi connectivity index (χ2n) is 5.60. The Morgan fingerprint density at radius 2 is 1.81 bits per heavy atom. The third-order valence-electron chi connectivity index (χ3n) is 3.41. The van der Waals surface area contributed by atoms with E-state index in [1.165, 1.54) is 6.07 Å². The Bertz CT molecular complexity index is 1070. The molecule has 0 radical (unpaired) electrons. The van der Waals surface area contributed by atoms with E-state index in [-0.39, 0.29) is 17.7 Å². The number of aromatic nitrogens is 2. The Kier molecular flexibility index (Phi) is 5.79. The van der Waals surface area contributed by atoms with Gasteiger partial charge in [0.25, 0.3) is 5.89 Å². The predicted molar refractivity (Wildman–Crippen MR) is 102 cm³/mol. The fourth-order valence-electron chi connectivity index (χ4n) is 2.28. The number of nitrogens with zero attached hydrogens (tertiary/aromatic N) is 2. The number of carbonyl (C=O) groups excluding carboxylic acids is 1. The van der Waals surface area contributed by atoms with Gasteiger partial charge in [0.15, 0.2) is 9.84 Å². The molecule has 0 atom stereocenters. The summed E-state index contributed by atoms with van der Waals surface area (Å²) in [6.45, 7) is 0. The van der Waals surface area contributed by atoms with Gasteiger partial charge in [-0.25, -0.2) is 8.42 Å². The lowest BCUT2D eigenvalue weighted by molar-refractivity contribution is -0.114. The number of sulfone groups is 1. The standard InChI is InChI=1S/C17H13Cl2N3O4S/c18-12-6-7-14(19)13(8-12)16-21-22-17(26-16)20-15(23)10-27(24,25)9-11-4-2-1-3-5-11/h1-8H,9-10H2,(H,20,22,23). The Morgan fingerprint density at radius 3 is 2.56 bits per heavy atom. The largest absolute Gasteiger partial charge is 0.403 e. The third kappa shape index (κ3) is 5.29. The SMILES string of the molecule is O=C(CS(=O)(=O)Cc1ccccc1)Nc1nnc(-c2cc(Cl)ccc2Cl)o1. The zero-order valence-electron chi connectivity index (χ0n) is 13.7. The van der Waals surface area contributed by atoms with Crippen molar-refractivity contribution < 1.29 is 17.6 Å². The molecule has 0 aliphatic heterocycles. The highest BCUT2D eigenvalue weighted by molar-refractivity contribution is 7.91. The van der Waals surface area contributed by atoms with Gasteiger partial charge < -0.3 is 4.42 Å². The van der Waals surface area contributed by atoms with E-state index < -0.39 is 21.5 Å². The summed E-state index contributed by atoms with van der Waals surface area (Å²) in [5, 5.41) is 10.5. The number of anilines is 1. The zero-order valence-corrected chi connectivity index (χ0v) is 16.1. The number of nitrogens with one attached hydrogen (secondary N) is 1. The van der Waals surface area contributed by atoms with Crippen LogP contribution >= 0.6 is 23.2 Å². The molecule has 0 aliphatic rings. The summed E-state index contributed by atoms with van der Waals surface area (Å²) in [6, 6.07) is 13.1. The van der Waals surface area contributed by atoms with Gasteiger partial charge in [0.1, 0.15) is 5.75 Å². The van der Waals surface area contributed by atoms with E-state index in [9.17, 15) is 13.2 Å². The second kappa shape index (κ2) is 8.08. The maximum atomic E-state index is 12.1. The van der Waals surface area contributed by atoms with Crippen molar-refractivity contribution in [2.24, 2.45) is 0 Å². The maximum Gasteiger partial charge on any atom is 0.322 e. The van der Waals surface area contributed by atoms with E-state index in [2.05, 4.69) is 15.5 Å². The van der Waals surface area contributed by atoms with Crippen LogP contribution in [0.4, 0.5) is 6.01 Å². The molecule has 3 rings (SSSR count). The molecule has 10 heteroatoms. The molecule has 1 N–H and O–H groups in total. The van der Waals surface area contributed by atoms with Gasteiger partial charge in [0.05, 0.1) is 16.3 Å². The van der Waals surface area contributed by atoms with Gasteiger partial charge in [0, 0.05) is 5.02 Å². The fourth-order valence-corrected chi connectivity index (χ4v) is 3.92. The summed E-state index contributed by atoms with van der Waals surface area (Å²) in [5.41, 5.74) is 0.995. The molecule has 1 heterocycles. The summed E-state index contributed by atoms with van der Waals surface area (Å²) >= 11 is 12.0. The van der Waals surface area contributed by atoms with Gasteiger partial charge in [-0.15, -0.1) is 5.10 Å². The molecule has 0 spiro atoms. The highest BCUT2D eigenvalue weighted by atomic mass is 35.5. The minimum absolute atomic E-state index is 0.0462. The smallest absolute Gasteiger partial charge is 0.322 e. The Morgan fingerprint density at radius 1 is 1.07 bits per heavy atom. The molecule has 0 aliphatic carbocycles. The zero-order chi connectivity index (χ0) is 19.4. The van der Waals surface area contributed by atoms with Crippen molar-refractivity contribution in [2.75, 3.05) is 11.1 Å². The number of rotatable bonds is 6. The number of carbonyl (C=O) groups is 1. The first-order chi connectivity index (χ1) is 12.8. The maximum absolute atomic E-state index is 12.1. The van der Waals surface area contributed by atoms with Gasteiger partial charge in [-0.3, -0.25) is 10.1 Å². The molecular formula is C17H13Cl2N3O4S. The van der Waals surface area contributed by atoms with E-state index in [0.717, 1.165) is 0 Å². The first-order valence-corrected chi connectivity index (χ1v) is 10.2. The van der Waals surface area contributed by atoms with Crippen molar-refractivity contribution in [3.8, 4) is 11.5 Å². The van der Waals surface area contributed by atoms with Crippen LogP contribution < -0.4 is 5.32 Å². The Balaban J connectivity index is 1.66. The molecule has 140 valence electrons. The summed E-state index contributed by atoms with van der Waals surface area (Å²) < 4.78 is 29.6. The average molecular weight is 426 g/mol. The highest BCUT2D eigenvalue weighted by Gasteiger charge is 2.20. The summed E-state index contributed by atoms with van der Waals surface area (Å²) in [6.07, 6.45) is 0. The van der Waals surface area contributed by atoms with Crippen molar-refractivity contribution in [1.29, 1.82) is 0 Å². The minimum Gasteiger partial charge on any atom is -0.403 e. The van der Waals surface area contributed by atoms with Gasteiger partial charge in [0.2, 0.25) is 5.91 Å². The van der Waals surface area contributed by atoms with Gasteiger partial charge in [-0.1, -0.05) is 58.6 Å². The van der Waals surface area contributed by atoms with Crippen molar-refractivity contribution >= 4 is 45.0 Å². The summed E-state index contributed by atoms with van der Waals surface area (Å²) in [5.74, 6) is -1.69. The molecule has 3 aromatic rings. The quantitative estimate of drug-likeness (QED) is 0.646. The van der Waals surface area contributed by atoms with Crippen LogP contribution in [0.25, 0.3) is 11.5 Å². The third-order valence-corrected chi connectivity index (χ3v) is 5.45. The fraction of sp³-hybridized carbons (Fsp3) is 0.118. The molecule has 27 heavy (non-hydrogen) atoms. The van der Waals surface area contributed by atoms with E-state index in [4.69, 9.17) is 27.6 Å². The molecular weight excluding hydrogens is 413 g/mol. The van der Waals surface area contributed by atoms with Gasteiger partial charge in [-0.2, -0.15) is 0 Å². The van der Waals surface area contributed by atoms with Crippen molar-refractivity contribution in [1.82, 2.24) is 10.2 Å². The van der Waals surface area contributed by atoms with Crippen LogP contribution in [-0.2, 0) is 20.4 Å². The lowest BCUT2D eigenvalue weighted by Crippen LogP contribution is -2.24. The van der Waals surface area contributed by atoms with Crippen LogP contribution in [0.5, 0.6) is 0 Å². The predicted octanol–water partition coefficient (Wildman–Crippen LogP) is 3.60. The van der Waals surface area contributed by atoms with E-state index in [1.54, 1.807) is 42.5 Å². The topological polar surface area (TPSA) is 102 Å². The lowest BCUT2D eigenvalue weighted by atomic mass is 10.2. The van der Waals surface area contributed by atoms with Crippen molar-refractivity contribution in [3.05, 3.63) is 64.1 Å². The monoisotopic (exact) mass is 425 g/mol. The van der Waals surface area contributed by atoms with Crippen LogP contribution in [0, 0.1) is 0 Å². The average Bonchev–Trinajstić information content (AvgIpc) is 3.05. The van der Waals surface area contributed by atoms with Crippen LogP contribution in [0.2, 0.25) is 10.0 Å². The number of hydrogen-bond acceptors (Lipinski definition) is 6. The second-order valence-corrected chi connectivity index (χ2v) is 8.51. The van der Waals surface area contributed by atoms with Crippen molar-refractivity contribution in [3.63, 3.8) is 0 Å². The molecule has 2 aromatic carbocycles. The van der Waals surface area contributed by atoms with Crippen LogP contribution in [0.1, 0.15) is 5.56 Å². The van der Waals surface area contributed by atoms with E-state index in [1.807, 2.05) is 0 Å². The van der Waals surface area contributed by atoms with E-state index in [0.29, 0.717) is 21.2 Å². The molecule has 0 fully saturated rings. The van der Waals surface area contributed by atoms with Crippen LogP contribution in [-0.4, -0.2) is 30.3 Å². The lowest BCUT2D eigenvalue weighted by Gasteiger charge is -2.04. The Hall–Kier alpha value is -2.42. The molecule has 1 aromatic heterocycles. The number of benzene rings is 2. The summed E-state index contributed by atoms with van der Waals surface area (Å²) in [7, 11) is -3.65. The van der Waals surface area contributed by atoms with Crippen LogP contribution in [0.3, 0.4) is 0 Å². The van der Waals surface area contributed by atoms with Crippen molar-refractivity contribution in [2.45, 2.75) is 5.75 Å².